The van der Waals surface area contributed by atoms with E-state index in [1.807, 2.05) is 6.92 Å². The van der Waals surface area contributed by atoms with Crippen molar-refractivity contribution in [2.24, 2.45) is 0 Å². The molecule has 0 fully saturated rings. The van der Waals surface area contributed by atoms with Crippen molar-refractivity contribution in [1.29, 1.82) is 0 Å². The maximum absolute atomic E-state index is 10.5. The van der Waals surface area contributed by atoms with E-state index >= 15 is 0 Å². The zero-order valence-electron chi connectivity index (χ0n) is 4.98. The Bertz CT molecular complexity index is 66.8. The van der Waals surface area contributed by atoms with E-state index in [-0.39, 0.29) is 5.91 Å². The molecule has 0 bridgehead atoms. The van der Waals surface area contributed by atoms with Crippen LogP contribution >= 0.6 is 12.6 Å². The Kier molecular flexibility index (Phi) is 4.85. The van der Waals surface area contributed by atoms with E-state index in [1.54, 1.807) is 0 Å². The molecule has 8 heavy (non-hydrogen) atoms. The Labute approximate surface area is 55.1 Å². The molecule has 0 rings (SSSR count). The molecule has 0 aromatic carbocycles. The smallest absolute Gasteiger partial charge is 0.220 e. The molecular weight excluding hydrogens is 122 g/mol. The third-order valence-corrected chi connectivity index (χ3v) is 0.936. The maximum atomic E-state index is 10.5. The third-order valence-electron chi connectivity index (χ3n) is 0.713. The summed E-state index contributed by atoms with van der Waals surface area (Å²) in [6.45, 7) is 2.61. The highest BCUT2D eigenvalue weighted by Gasteiger charge is 1.93. The first kappa shape index (κ1) is 7.82. The molecule has 1 amide bonds. The first-order chi connectivity index (χ1) is 3.81. The second kappa shape index (κ2) is 4.97. The van der Waals surface area contributed by atoms with Crippen molar-refractivity contribution in [2.75, 3.05) is 12.3 Å². The van der Waals surface area contributed by atoms with Crippen molar-refractivity contribution >= 4 is 18.5 Å². The summed E-state index contributed by atoms with van der Waals surface area (Å²) in [4.78, 5) is 10.5. The summed E-state index contributed by atoms with van der Waals surface area (Å²) in [6, 6.07) is 0. The lowest BCUT2D eigenvalue weighted by Gasteiger charge is -1.96. The van der Waals surface area contributed by atoms with Crippen molar-refractivity contribution in [3.63, 3.8) is 0 Å². The van der Waals surface area contributed by atoms with Crippen LogP contribution in [0.15, 0.2) is 0 Å². The van der Waals surface area contributed by atoms with Crippen LogP contribution in [0, 0.1) is 0 Å². The van der Waals surface area contributed by atoms with Crippen LogP contribution in [0.3, 0.4) is 0 Å². The number of amides is 1. The lowest BCUT2D eigenvalue weighted by molar-refractivity contribution is -0.120. The predicted octanol–water partition coefficient (Wildman–Crippen LogP) is 0.442. The van der Waals surface area contributed by atoms with E-state index in [9.17, 15) is 4.79 Å². The Morgan fingerprint density at radius 2 is 2.38 bits per heavy atom. The van der Waals surface area contributed by atoms with Crippen molar-refractivity contribution in [1.82, 2.24) is 5.32 Å². The zero-order chi connectivity index (χ0) is 6.41. The molecule has 0 aliphatic heterocycles. The quantitative estimate of drug-likeness (QED) is 0.537. The van der Waals surface area contributed by atoms with Crippen LogP contribution in [0.4, 0.5) is 0 Å². The van der Waals surface area contributed by atoms with Crippen molar-refractivity contribution in [2.45, 2.75) is 13.3 Å². The highest BCUT2D eigenvalue weighted by atomic mass is 32.1. The summed E-state index contributed by atoms with van der Waals surface area (Å²) < 4.78 is 0. The van der Waals surface area contributed by atoms with Gasteiger partial charge in [-0.25, -0.2) is 0 Å². The van der Waals surface area contributed by atoms with Gasteiger partial charge in [-0.3, -0.25) is 4.79 Å². The minimum Gasteiger partial charge on any atom is -0.356 e. The molecule has 0 aliphatic rings. The van der Waals surface area contributed by atoms with Gasteiger partial charge in [0.25, 0.3) is 0 Å². The molecule has 0 aliphatic carbocycles. The van der Waals surface area contributed by atoms with Crippen LogP contribution in [0.25, 0.3) is 0 Å². The summed E-state index contributed by atoms with van der Waals surface area (Å²) >= 11 is 3.89. The van der Waals surface area contributed by atoms with Gasteiger partial charge in [0, 0.05) is 13.0 Å². The van der Waals surface area contributed by atoms with E-state index in [2.05, 4.69) is 17.9 Å². The summed E-state index contributed by atoms with van der Waals surface area (Å²) in [5.74, 6) is 0.716. The average molecular weight is 133 g/mol. The zero-order valence-corrected chi connectivity index (χ0v) is 5.87. The standard InChI is InChI=1S/C5H11NOS/c1-2-6-5(7)3-4-8/h8H,2-4H2,1H3,(H,6,7). The lowest BCUT2D eigenvalue weighted by Crippen LogP contribution is -2.22. The van der Waals surface area contributed by atoms with Crippen LogP contribution in [-0.4, -0.2) is 18.2 Å². The number of rotatable bonds is 3. The Morgan fingerprint density at radius 1 is 1.75 bits per heavy atom. The number of carbonyl (C=O) groups is 1. The van der Waals surface area contributed by atoms with Gasteiger partial charge in [-0.1, -0.05) is 0 Å². The van der Waals surface area contributed by atoms with Crippen molar-refractivity contribution in [3.05, 3.63) is 0 Å². The summed E-state index contributed by atoms with van der Waals surface area (Å²) in [5, 5.41) is 2.66. The second-order valence-corrected chi connectivity index (χ2v) is 1.87. The predicted molar refractivity (Wildman–Crippen MR) is 37.2 cm³/mol. The average Bonchev–Trinajstić information content (AvgIpc) is 1.68. The van der Waals surface area contributed by atoms with Gasteiger partial charge >= 0.3 is 0 Å². The Morgan fingerprint density at radius 3 is 2.75 bits per heavy atom. The Balaban J connectivity index is 3.06. The van der Waals surface area contributed by atoms with Crippen LogP contribution in [0.5, 0.6) is 0 Å². The molecule has 3 heteroatoms. The first-order valence-corrected chi connectivity index (χ1v) is 3.32. The molecule has 0 saturated carbocycles. The molecule has 0 heterocycles. The van der Waals surface area contributed by atoms with Crippen molar-refractivity contribution < 1.29 is 4.79 Å². The van der Waals surface area contributed by atoms with Gasteiger partial charge in [-0.15, -0.1) is 0 Å². The minimum atomic E-state index is 0.0856. The largest absolute Gasteiger partial charge is 0.356 e. The van der Waals surface area contributed by atoms with E-state index in [4.69, 9.17) is 0 Å². The highest BCUT2D eigenvalue weighted by molar-refractivity contribution is 7.80. The fourth-order valence-corrected chi connectivity index (χ4v) is 0.590. The van der Waals surface area contributed by atoms with E-state index in [0.29, 0.717) is 18.7 Å². The van der Waals surface area contributed by atoms with E-state index in [1.165, 1.54) is 0 Å². The number of carbonyl (C=O) groups excluding carboxylic acids is 1. The number of nitrogens with one attached hydrogen (secondary N) is 1. The van der Waals surface area contributed by atoms with Gasteiger partial charge in [-0.05, 0) is 12.7 Å². The first-order valence-electron chi connectivity index (χ1n) is 2.68. The monoisotopic (exact) mass is 133 g/mol. The summed E-state index contributed by atoms with van der Waals surface area (Å²) in [5.41, 5.74) is 0. The van der Waals surface area contributed by atoms with E-state index < -0.39 is 0 Å². The topological polar surface area (TPSA) is 29.1 Å². The summed E-state index contributed by atoms with van der Waals surface area (Å²) in [6.07, 6.45) is 0.525. The van der Waals surface area contributed by atoms with E-state index in [0.717, 1.165) is 0 Å². The fourth-order valence-electron chi connectivity index (χ4n) is 0.387. The molecule has 0 atom stereocenters. The minimum absolute atomic E-state index is 0.0856. The molecule has 1 N–H and O–H groups in total. The number of hydrogen-bond donors (Lipinski definition) is 2. The molecule has 0 aromatic heterocycles. The molecule has 0 aromatic rings. The van der Waals surface area contributed by atoms with Gasteiger partial charge in [0.05, 0.1) is 0 Å². The van der Waals surface area contributed by atoms with Gasteiger partial charge in [0.15, 0.2) is 0 Å². The highest BCUT2D eigenvalue weighted by Crippen LogP contribution is 1.81. The van der Waals surface area contributed by atoms with Crippen LogP contribution in [0.2, 0.25) is 0 Å². The third kappa shape index (κ3) is 3.99. The molecule has 0 radical (unpaired) electrons. The summed E-state index contributed by atoms with van der Waals surface area (Å²) in [7, 11) is 0. The molecule has 0 spiro atoms. The molecular formula is C5H11NOS. The van der Waals surface area contributed by atoms with Crippen molar-refractivity contribution in [3.8, 4) is 0 Å². The maximum Gasteiger partial charge on any atom is 0.220 e. The van der Waals surface area contributed by atoms with Crippen LogP contribution < -0.4 is 5.32 Å². The van der Waals surface area contributed by atoms with Crippen LogP contribution in [-0.2, 0) is 4.79 Å². The van der Waals surface area contributed by atoms with Gasteiger partial charge in [-0.2, -0.15) is 12.6 Å². The normalized spacial score (nSPS) is 8.75. The molecule has 48 valence electrons. The van der Waals surface area contributed by atoms with Crippen LogP contribution in [0.1, 0.15) is 13.3 Å². The SMILES string of the molecule is CCNC(=O)CCS. The number of thiol groups is 1. The molecule has 0 saturated heterocycles. The number of hydrogen-bond acceptors (Lipinski definition) is 2. The Hall–Kier alpha value is -0.180. The lowest BCUT2D eigenvalue weighted by atomic mass is 10.4. The van der Waals surface area contributed by atoms with Gasteiger partial charge in [0.1, 0.15) is 0 Å². The molecule has 0 unspecified atom stereocenters. The second-order valence-electron chi connectivity index (χ2n) is 1.43. The fraction of sp³-hybridized carbons (Fsp3) is 0.800. The van der Waals surface area contributed by atoms with Gasteiger partial charge in [0.2, 0.25) is 5.91 Å². The molecule has 2 nitrogen and oxygen atoms in total. The van der Waals surface area contributed by atoms with Gasteiger partial charge < -0.3 is 5.32 Å².